The van der Waals surface area contributed by atoms with Crippen molar-refractivity contribution in [1.82, 2.24) is 5.43 Å². The van der Waals surface area contributed by atoms with Crippen LogP contribution in [0.5, 0.6) is 0 Å². The first-order valence-electron chi connectivity index (χ1n) is 5.17. The van der Waals surface area contributed by atoms with Crippen molar-refractivity contribution in [3.8, 4) is 0 Å². The van der Waals surface area contributed by atoms with Gasteiger partial charge in [0.05, 0.1) is 17.0 Å². The lowest BCUT2D eigenvalue weighted by atomic mass is 10.0. The van der Waals surface area contributed by atoms with Crippen LogP contribution in [0.25, 0.3) is 0 Å². The standard InChI is InChI=1S/C12H13ClN2O/c1-12(2)7-11(16)14-15(12)8-9-5-3-4-6-10(9)13/h3-6,8H,7H2,1-2H3/p+1/b15-8+. The zero-order valence-corrected chi connectivity index (χ0v) is 10.1. The molecule has 0 saturated carbocycles. The Kier molecular flexibility index (Phi) is 2.72. The molecule has 0 aromatic heterocycles. The Morgan fingerprint density at radius 2 is 2.12 bits per heavy atom. The summed E-state index contributed by atoms with van der Waals surface area (Å²) < 4.78 is 1.82. The van der Waals surface area contributed by atoms with Crippen LogP contribution >= 0.6 is 11.6 Å². The van der Waals surface area contributed by atoms with Crippen LogP contribution in [-0.2, 0) is 4.79 Å². The summed E-state index contributed by atoms with van der Waals surface area (Å²) in [5.74, 6) is 0.0355. The van der Waals surface area contributed by atoms with E-state index in [1.165, 1.54) is 0 Å². The van der Waals surface area contributed by atoms with Crippen molar-refractivity contribution in [3.63, 3.8) is 0 Å². The van der Waals surface area contributed by atoms with Crippen molar-refractivity contribution in [2.45, 2.75) is 25.8 Å². The molecule has 0 aliphatic carbocycles. The molecule has 1 heterocycles. The molecule has 1 aromatic carbocycles. The van der Waals surface area contributed by atoms with Crippen LogP contribution in [0, 0.1) is 0 Å². The molecular formula is C12H14ClN2O+. The molecule has 3 nitrogen and oxygen atoms in total. The van der Waals surface area contributed by atoms with E-state index in [0.717, 1.165) is 5.56 Å². The van der Waals surface area contributed by atoms with E-state index in [2.05, 4.69) is 5.43 Å². The number of carbonyl (C=O) groups is 1. The second-order valence-electron chi connectivity index (χ2n) is 4.54. The van der Waals surface area contributed by atoms with E-state index in [1.54, 1.807) is 0 Å². The van der Waals surface area contributed by atoms with Crippen LogP contribution in [0.4, 0.5) is 0 Å². The maximum absolute atomic E-state index is 11.3. The molecule has 2 rings (SSSR count). The number of benzene rings is 1. The number of halogens is 1. The Balaban J connectivity index is 2.39. The Morgan fingerprint density at radius 3 is 2.69 bits per heavy atom. The van der Waals surface area contributed by atoms with Gasteiger partial charge in [-0.3, -0.25) is 4.79 Å². The Labute approximate surface area is 99.7 Å². The minimum Gasteiger partial charge on any atom is -0.269 e. The van der Waals surface area contributed by atoms with Crippen molar-refractivity contribution < 1.29 is 9.48 Å². The van der Waals surface area contributed by atoms with E-state index in [1.807, 2.05) is 49.0 Å². The van der Waals surface area contributed by atoms with Crippen LogP contribution in [-0.4, -0.2) is 22.3 Å². The lowest BCUT2D eigenvalue weighted by molar-refractivity contribution is -0.620. The Hall–Kier alpha value is -1.35. The molecule has 0 radical (unpaired) electrons. The van der Waals surface area contributed by atoms with Gasteiger partial charge in [-0.2, -0.15) is 0 Å². The first-order valence-corrected chi connectivity index (χ1v) is 5.55. The molecule has 0 bridgehead atoms. The third-order valence-electron chi connectivity index (χ3n) is 2.66. The van der Waals surface area contributed by atoms with E-state index in [9.17, 15) is 4.79 Å². The number of hydrazone groups is 1. The molecule has 4 heteroatoms. The van der Waals surface area contributed by atoms with Gasteiger partial charge in [0.2, 0.25) is 6.21 Å². The topological polar surface area (TPSA) is 32.1 Å². The van der Waals surface area contributed by atoms with E-state index in [0.29, 0.717) is 11.4 Å². The number of hydrazine groups is 1. The smallest absolute Gasteiger partial charge is 0.269 e. The molecule has 0 atom stereocenters. The number of hydrogen-bond donors (Lipinski definition) is 1. The van der Waals surface area contributed by atoms with E-state index in [-0.39, 0.29) is 11.4 Å². The van der Waals surface area contributed by atoms with Gasteiger partial charge in [-0.25, -0.2) is 0 Å². The van der Waals surface area contributed by atoms with Crippen molar-refractivity contribution >= 4 is 23.7 Å². The van der Waals surface area contributed by atoms with Gasteiger partial charge in [0.1, 0.15) is 0 Å². The molecule has 1 N–H and O–H groups in total. The number of carbonyl (C=O) groups excluding carboxylic acids is 1. The first-order chi connectivity index (χ1) is 7.49. The second kappa shape index (κ2) is 3.91. The molecule has 0 spiro atoms. The highest BCUT2D eigenvalue weighted by Gasteiger charge is 2.42. The van der Waals surface area contributed by atoms with Crippen LogP contribution in [0.15, 0.2) is 24.3 Å². The van der Waals surface area contributed by atoms with E-state index in [4.69, 9.17) is 11.6 Å². The molecule has 1 aromatic rings. The lowest BCUT2D eigenvalue weighted by Gasteiger charge is -2.10. The maximum atomic E-state index is 11.3. The Bertz CT molecular complexity index is 466. The summed E-state index contributed by atoms with van der Waals surface area (Å²) in [6.07, 6.45) is 2.36. The van der Waals surface area contributed by atoms with Crippen LogP contribution in [0.3, 0.4) is 0 Å². The summed E-state index contributed by atoms with van der Waals surface area (Å²) in [5.41, 5.74) is 3.49. The average molecular weight is 238 g/mol. The highest BCUT2D eigenvalue weighted by Crippen LogP contribution is 2.19. The molecule has 1 saturated heterocycles. The fourth-order valence-electron chi connectivity index (χ4n) is 1.73. The predicted molar refractivity (Wildman–Crippen MR) is 63.7 cm³/mol. The quantitative estimate of drug-likeness (QED) is 0.745. The molecule has 84 valence electrons. The van der Waals surface area contributed by atoms with Gasteiger partial charge in [-0.1, -0.05) is 23.7 Å². The summed E-state index contributed by atoms with van der Waals surface area (Å²) in [6.45, 7) is 4.02. The van der Waals surface area contributed by atoms with E-state index < -0.39 is 0 Å². The third kappa shape index (κ3) is 2.09. The van der Waals surface area contributed by atoms with Gasteiger partial charge in [0.15, 0.2) is 5.54 Å². The minimum absolute atomic E-state index is 0.0355. The van der Waals surface area contributed by atoms with Gasteiger partial charge in [0.25, 0.3) is 5.91 Å². The number of hydrogen-bond acceptors (Lipinski definition) is 1. The molecule has 1 aliphatic heterocycles. The molecule has 16 heavy (non-hydrogen) atoms. The number of rotatable bonds is 1. The molecule has 0 unspecified atom stereocenters. The maximum Gasteiger partial charge on any atom is 0.281 e. The van der Waals surface area contributed by atoms with E-state index >= 15 is 0 Å². The van der Waals surface area contributed by atoms with Crippen molar-refractivity contribution in [1.29, 1.82) is 0 Å². The van der Waals surface area contributed by atoms with Crippen LogP contribution in [0.2, 0.25) is 5.02 Å². The zero-order chi connectivity index (χ0) is 11.8. The van der Waals surface area contributed by atoms with Gasteiger partial charge in [0, 0.05) is 13.8 Å². The van der Waals surface area contributed by atoms with Gasteiger partial charge in [-0.05, 0) is 12.1 Å². The molecular weight excluding hydrogens is 224 g/mol. The van der Waals surface area contributed by atoms with Gasteiger partial charge >= 0.3 is 0 Å². The monoisotopic (exact) mass is 237 g/mol. The SMILES string of the molecule is CC1(C)CC(=O)N/[N+]1=C/c1ccccc1Cl. The number of nitrogens with zero attached hydrogens (tertiary/aromatic N) is 1. The largest absolute Gasteiger partial charge is 0.281 e. The fraction of sp³-hybridized carbons (Fsp3) is 0.333. The highest BCUT2D eigenvalue weighted by molar-refractivity contribution is 6.32. The van der Waals surface area contributed by atoms with Gasteiger partial charge in [-0.15, -0.1) is 10.1 Å². The molecule has 1 aliphatic rings. The highest BCUT2D eigenvalue weighted by atomic mass is 35.5. The zero-order valence-electron chi connectivity index (χ0n) is 9.33. The van der Waals surface area contributed by atoms with Crippen LogP contribution < -0.4 is 5.43 Å². The summed E-state index contributed by atoms with van der Waals surface area (Å²) in [6, 6.07) is 7.55. The summed E-state index contributed by atoms with van der Waals surface area (Å²) >= 11 is 6.06. The second-order valence-corrected chi connectivity index (χ2v) is 4.95. The molecule has 1 amide bonds. The van der Waals surface area contributed by atoms with Crippen molar-refractivity contribution in [2.75, 3.05) is 0 Å². The normalized spacial score (nSPS) is 21.2. The third-order valence-corrected chi connectivity index (χ3v) is 3.01. The van der Waals surface area contributed by atoms with Gasteiger partial charge < -0.3 is 0 Å². The predicted octanol–water partition coefficient (Wildman–Crippen LogP) is 1.98. The van der Waals surface area contributed by atoms with Crippen molar-refractivity contribution in [2.24, 2.45) is 0 Å². The minimum atomic E-state index is -0.212. The fourth-order valence-corrected chi connectivity index (χ4v) is 1.91. The lowest BCUT2D eigenvalue weighted by Crippen LogP contribution is -2.36. The summed E-state index contributed by atoms with van der Waals surface area (Å²) in [4.78, 5) is 11.3. The average Bonchev–Trinajstić information content (AvgIpc) is 2.43. The number of amides is 1. The van der Waals surface area contributed by atoms with Crippen molar-refractivity contribution in [3.05, 3.63) is 34.9 Å². The number of nitrogens with one attached hydrogen (secondary N) is 1. The first kappa shape index (κ1) is 11.1. The summed E-state index contributed by atoms with van der Waals surface area (Å²) in [7, 11) is 0. The summed E-state index contributed by atoms with van der Waals surface area (Å²) in [5, 5.41) is 0.680. The van der Waals surface area contributed by atoms with Crippen LogP contribution in [0.1, 0.15) is 25.8 Å². The molecule has 1 fully saturated rings. The Morgan fingerprint density at radius 1 is 1.44 bits per heavy atom.